The zero-order valence-corrected chi connectivity index (χ0v) is 20.5. The Morgan fingerprint density at radius 3 is 2.81 bits per heavy atom. The highest BCUT2D eigenvalue weighted by Gasteiger charge is 2.71. The smallest absolute Gasteiger partial charge is 0.258 e. The maximum absolute atomic E-state index is 13.6. The summed E-state index contributed by atoms with van der Waals surface area (Å²) >= 11 is 0. The van der Waals surface area contributed by atoms with Gasteiger partial charge in [-0.2, -0.15) is 5.10 Å². The lowest BCUT2D eigenvalue weighted by Crippen LogP contribution is -2.28. The average molecular weight is 505 g/mol. The van der Waals surface area contributed by atoms with E-state index in [0.29, 0.717) is 36.2 Å². The number of aryl methyl sites for hydroxylation is 2. The van der Waals surface area contributed by atoms with Crippen LogP contribution >= 0.6 is 0 Å². The Morgan fingerprint density at radius 2 is 2.03 bits per heavy atom. The molecule has 1 saturated carbocycles. The maximum Gasteiger partial charge on any atom is 0.258 e. The number of carbonyl (C=O) groups excluding carboxylic acids is 1. The molecule has 0 radical (unpaired) electrons. The molecular formula is C26H26F2N8O. The molecule has 2 unspecified atom stereocenters. The van der Waals surface area contributed by atoms with E-state index in [4.69, 9.17) is 4.98 Å². The third-order valence-corrected chi connectivity index (χ3v) is 8.27. The zero-order chi connectivity index (χ0) is 25.5. The van der Waals surface area contributed by atoms with E-state index in [0.717, 1.165) is 41.3 Å². The molecule has 11 heteroatoms. The third kappa shape index (κ3) is 3.43. The largest absolute Gasteiger partial charge is 0.356 e. The molecule has 4 aromatic heterocycles. The molecule has 2 N–H and O–H groups in total. The van der Waals surface area contributed by atoms with Gasteiger partial charge >= 0.3 is 0 Å². The van der Waals surface area contributed by atoms with Crippen molar-refractivity contribution < 1.29 is 13.6 Å². The second kappa shape index (κ2) is 7.80. The van der Waals surface area contributed by atoms with Crippen molar-refractivity contribution in [3.63, 3.8) is 0 Å². The Hall–Kier alpha value is -3.89. The van der Waals surface area contributed by atoms with Crippen LogP contribution in [-0.4, -0.2) is 54.6 Å². The summed E-state index contributed by atoms with van der Waals surface area (Å²) in [6, 6.07) is 3.76. The van der Waals surface area contributed by atoms with E-state index >= 15 is 0 Å². The zero-order valence-electron chi connectivity index (χ0n) is 20.5. The summed E-state index contributed by atoms with van der Waals surface area (Å²) in [6.07, 6.45) is 6.67. The van der Waals surface area contributed by atoms with Gasteiger partial charge in [0.1, 0.15) is 17.8 Å². The summed E-state index contributed by atoms with van der Waals surface area (Å²) in [5, 5.41) is 11.2. The minimum Gasteiger partial charge on any atom is -0.356 e. The standard InChI is InChI=1S/C26H26F2N8O/c1-13-15(3-6-22(31-13)35-10-19-20(11-35)26(19,27)28)8-36-9-18(17-7-29-12-30-24(17)36)25(37)32-21-5-4-16-14(2)33-34-23(16)21/h3,6-7,9,12,19-21H,4-5,8,10-11H2,1-2H3,(H,32,37)(H,33,34)/t19?,20?,21-/m1/s1. The van der Waals surface area contributed by atoms with Crippen LogP contribution in [0.25, 0.3) is 11.0 Å². The van der Waals surface area contributed by atoms with Gasteiger partial charge in [0, 0.05) is 31.2 Å². The average Bonchev–Trinajstić information content (AvgIpc) is 3.49. The molecule has 4 aromatic rings. The third-order valence-electron chi connectivity index (χ3n) is 8.27. The van der Waals surface area contributed by atoms with Gasteiger partial charge in [0.15, 0.2) is 0 Å². The van der Waals surface area contributed by atoms with Crippen molar-refractivity contribution in [1.29, 1.82) is 0 Å². The first-order chi connectivity index (χ1) is 17.8. The van der Waals surface area contributed by atoms with Gasteiger partial charge in [0.2, 0.25) is 0 Å². The van der Waals surface area contributed by atoms with Crippen LogP contribution in [0.2, 0.25) is 0 Å². The first-order valence-corrected chi connectivity index (χ1v) is 12.5. The van der Waals surface area contributed by atoms with Crippen molar-refractivity contribution in [3.05, 3.63) is 64.6 Å². The topological polar surface area (TPSA) is 105 Å². The Balaban J connectivity index is 1.13. The number of alkyl halides is 2. The molecule has 1 saturated heterocycles. The predicted molar refractivity (Wildman–Crippen MR) is 132 cm³/mol. The van der Waals surface area contributed by atoms with Gasteiger partial charge in [-0.3, -0.25) is 9.89 Å². The molecule has 9 nitrogen and oxygen atoms in total. The molecule has 1 aliphatic heterocycles. The molecule has 0 bridgehead atoms. The van der Waals surface area contributed by atoms with Crippen LogP contribution in [-0.2, 0) is 13.0 Å². The molecule has 2 fully saturated rings. The monoisotopic (exact) mass is 504 g/mol. The Labute approximate surface area is 211 Å². The number of nitrogens with one attached hydrogen (secondary N) is 2. The SMILES string of the molecule is Cc1nc(N2CC3C(C2)C3(F)F)ccc1Cn1cc(C(=O)N[C@@H]2CCc3c(C)n[nH]c32)c2cncnc21. The van der Waals surface area contributed by atoms with Crippen LogP contribution in [0.15, 0.2) is 30.9 Å². The lowest BCUT2D eigenvalue weighted by atomic mass is 10.2. The van der Waals surface area contributed by atoms with Gasteiger partial charge in [-0.15, -0.1) is 0 Å². The molecule has 190 valence electrons. The molecule has 2 aliphatic carbocycles. The number of carbonyl (C=O) groups is 1. The number of aromatic amines is 1. The first kappa shape index (κ1) is 22.3. The number of rotatable bonds is 5. The highest BCUT2D eigenvalue weighted by Crippen LogP contribution is 2.59. The number of fused-ring (bicyclic) bond motifs is 3. The number of nitrogens with zero attached hydrogens (tertiary/aromatic N) is 6. The molecular weight excluding hydrogens is 478 g/mol. The van der Waals surface area contributed by atoms with E-state index in [1.165, 1.54) is 11.9 Å². The second-order valence-electron chi connectivity index (χ2n) is 10.4. The normalized spacial score (nSPS) is 23.4. The van der Waals surface area contributed by atoms with E-state index < -0.39 is 17.8 Å². The molecule has 0 spiro atoms. The fourth-order valence-electron chi connectivity index (χ4n) is 6.02. The van der Waals surface area contributed by atoms with Crippen LogP contribution in [0.1, 0.15) is 51.0 Å². The maximum atomic E-state index is 13.6. The lowest BCUT2D eigenvalue weighted by Gasteiger charge is -2.22. The minimum absolute atomic E-state index is 0.109. The van der Waals surface area contributed by atoms with E-state index in [1.807, 2.05) is 41.6 Å². The number of aromatic nitrogens is 6. The van der Waals surface area contributed by atoms with Gasteiger partial charge in [-0.25, -0.2) is 23.7 Å². The summed E-state index contributed by atoms with van der Waals surface area (Å²) in [5.41, 5.74) is 6.10. The fourth-order valence-corrected chi connectivity index (χ4v) is 6.02. The van der Waals surface area contributed by atoms with Crippen LogP contribution in [0.3, 0.4) is 0 Å². The number of halogens is 2. The molecule has 37 heavy (non-hydrogen) atoms. The highest BCUT2D eigenvalue weighted by atomic mass is 19.3. The number of pyridine rings is 1. The molecule has 5 heterocycles. The summed E-state index contributed by atoms with van der Waals surface area (Å²) in [5.74, 6) is -3.05. The van der Waals surface area contributed by atoms with E-state index in [-0.39, 0.29) is 11.9 Å². The van der Waals surface area contributed by atoms with Crippen molar-refractivity contribution in [1.82, 2.24) is 35.0 Å². The van der Waals surface area contributed by atoms with Crippen LogP contribution in [0.5, 0.6) is 0 Å². The van der Waals surface area contributed by atoms with Gasteiger partial charge in [-0.1, -0.05) is 6.07 Å². The van der Waals surface area contributed by atoms with Crippen LogP contribution in [0, 0.1) is 25.7 Å². The summed E-state index contributed by atoms with van der Waals surface area (Å²) in [6.45, 7) is 5.06. The number of H-pyrrole nitrogens is 1. The quantitative estimate of drug-likeness (QED) is 0.432. The molecule has 7 rings (SSSR count). The summed E-state index contributed by atoms with van der Waals surface area (Å²) in [7, 11) is 0. The van der Waals surface area contributed by atoms with E-state index in [9.17, 15) is 13.6 Å². The van der Waals surface area contributed by atoms with Crippen molar-refractivity contribution in [2.45, 2.75) is 45.2 Å². The van der Waals surface area contributed by atoms with Gasteiger partial charge in [0.25, 0.3) is 11.8 Å². The molecule has 1 amide bonds. The van der Waals surface area contributed by atoms with Gasteiger partial charge < -0.3 is 14.8 Å². The van der Waals surface area contributed by atoms with Crippen molar-refractivity contribution >= 4 is 22.8 Å². The van der Waals surface area contributed by atoms with Crippen molar-refractivity contribution in [3.8, 4) is 0 Å². The molecule has 3 atom stereocenters. The van der Waals surface area contributed by atoms with Gasteiger partial charge in [0.05, 0.1) is 46.8 Å². The highest BCUT2D eigenvalue weighted by molar-refractivity contribution is 6.06. The number of amides is 1. The van der Waals surface area contributed by atoms with Crippen LogP contribution < -0.4 is 10.2 Å². The Morgan fingerprint density at radius 1 is 1.22 bits per heavy atom. The van der Waals surface area contributed by atoms with E-state index in [2.05, 4.69) is 25.5 Å². The fraction of sp³-hybridized carbons (Fsp3) is 0.423. The predicted octanol–water partition coefficient (Wildman–Crippen LogP) is 3.33. The minimum atomic E-state index is -2.51. The summed E-state index contributed by atoms with van der Waals surface area (Å²) in [4.78, 5) is 28.6. The number of hydrogen-bond donors (Lipinski definition) is 2. The summed E-state index contributed by atoms with van der Waals surface area (Å²) < 4.78 is 29.1. The first-order valence-electron chi connectivity index (χ1n) is 12.5. The lowest BCUT2D eigenvalue weighted by molar-refractivity contribution is 0.0796. The number of anilines is 1. The Kier molecular flexibility index (Phi) is 4.71. The molecule has 3 aliphatic rings. The number of piperidine rings is 1. The van der Waals surface area contributed by atoms with E-state index in [1.54, 1.807) is 6.20 Å². The van der Waals surface area contributed by atoms with Crippen LogP contribution in [0.4, 0.5) is 14.6 Å². The van der Waals surface area contributed by atoms with Gasteiger partial charge in [-0.05, 0) is 43.9 Å². The Bertz CT molecular complexity index is 1550. The van der Waals surface area contributed by atoms with Crippen molar-refractivity contribution in [2.75, 3.05) is 18.0 Å². The molecule has 0 aromatic carbocycles. The second-order valence-corrected chi connectivity index (χ2v) is 10.4. The number of hydrogen-bond acceptors (Lipinski definition) is 6. The van der Waals surface area contributed by atoms with Crippen molar-refractivity contribution in [2.24, 2.45) is 11.8 Å².